The van der Waals surface area contributed by atoms with Crippen molar-refractivity contribution in [3.63, 3.8) is 0 Å². The largest absolute Gasteiger partial charge is 0.330 e. The van der Waals surface area contributed by atoms with Gasteiger partial charge in [0.15, 0.2) is 5.82 Å². The molecule has 1 aromatic heterocycles. The smallest absolute Gasteiger partial charge is 0.229 e. The van der Waals surface area contributed by atoms with Crippen molar-refractivity contribution in [1.29, 1.82) is 0 Å². The van der Waals surface area contributed by atoms with Crippen molar-refractivity contribution in [2.75, 3.05) is 11.9 Å². The first-order valence-electron chi connectivity index (χ1n) is 5.73. The molecule has 1 saturated carbocycles. The second kappa shape index (κ2) is 4.65. The van der Waals surface area contributed by atoms with E-state index >= 15 is 0 Å². The SMILES string of the molecule is Cc1cc(NC(=O)C2CCCC2CN)n[nH]1. The number of anilines is 1. The summed E-state index contributed by atoms with van der Waals surface area (Å²) in [6.45, 7) is 2.50. The molecule has 0 aliphatic heterocycles. The first-order chi connectivity index (χ1) is 7.70. The first kappa shape index (κ1) is 11.1. The Bertz CT molecular complexity index is 374. The fraction of sp³-hybridized carbons (Fsp3) is 0.636. The number of amides is 1. The highest BCUT2D eigenvalue weighted by Crippen LogP contribution is 2.31. The molecule has 1 fully saturated rings. The molecule has 1 aliphatic rings. The lowest BCUT2D eigenvalue weighted by molar-refractivity contribution is -0.120. The lowest BCUT2D eigenvalue weighted by atomic mass is 9.95. The highest BCUT2D eigenvalue weighted by atomic mass is 16.2. The highest BCUT2D eigenvalue weighted by Gasteiger charge is 2.32. The number of rotatable bonds is 3. The Morgan fingerprint density at radius 2 is 2.50 bits per heavy atom. The average molecular weight is 222 g/mol. The molecule has 1 aliphatic carbocycles. The number of hydrogen-bond donors (Lipinski definition) is 3. The van der Waals surface area contributed by atoms with Crippen LogP contribution in [0.2, 0.25) is 0 Å². The Kier molecular flexibility index (Phi) is 3.24. The van der Waals surface area contributed by atoms with Crippen LogP contribution in [0.1, 0.15) is 25.0 Å². The predicted molar refractivity (Wildman–Crippen MR) is 61.8 cm³/mol. The van der Waals surface area contributed by atoms with Crippen LogP contribution in [0, 0.1) is 18.8 Å². The summed E-state index contributed by atoms with van der Waals surface area (Å²) in [7, 11) is 0. The fourth-order valence-corrected chi connectivity index (χ4v) is 2.37. The number of nitrogens with two attached hydrogens (primary N) is 1. The van der Waals surface area contributed by atoms with Crippen LogP contribution in [0.5, 0.6) is 0 Å². The summed E-state index contributed by atoms with van der Waals surface area (Å²) in [5.74, 6) is 1.05. The van der Waals surface area contributed by atoms with Gasteiger partial charge >= 0.3 is 0 Å². The number of aromatic nitrogens is 2. The van der Waals surface area contributed by atoms with E-state index < -0.39 is 0 Å². The number of carbonyl (C=O) groups is 1. The molecule has 1 heterocycles. The van der Waals surface area contributed by atoms with Crippen LogP contribution in [0.4, 0.5) is 5.82 Å². The molecular formula is C11H18N4O. The molecular weight excluding hydrogens is 204 g/mol. The van der Waals surface area contributed by atoms with Crippen LogP contribution >= 0.6 is 0 Å². The fourth-order valence-electron chi connectivity index (χ4n) is 2.37. The third-order valence-electron chi connectivity index (χ3n) is 3.26. The summed E-state index contributed by atoms with van der Waals surface area (Å²) in [6.07, 6.45) is 3.10. The summed E-state index contributed by atoms with van der Waals surface area (Å²) in [5.41, 5.74) is 6.60. The topological polar surface area (TPSA) is 83.8 Å². The van der Waals surface area contributed by atoms with Crippen LogP contribution in [0.3, 0.4) is 0 Å². The number of nitrogens with zero attached hydrogens (tertiary/aromatic N) is 1. The van der Waals surface area contributed by atoms with E-state index in [2.05, 4.69) is 15.5 Å². The number of hydrogen-bond acceptors (Lipinski definition) is 3. The standard InChI is InChI=1S/C11H18N4O/c1-7-5-10(15-14-7)13-11(16)9-4-2-3-8(9)6-12/h5,8-9H,2-4,6,12H2,1H3,(H2,13,14,15,16). The number of aryl methyl sites for hydroxylation is 1. The molecule has 5 heteroatoms. The molecule has 1 amide bonds. The van der Waals surface area contributed by atoms with E-state index in [1.165, 1.54) is 0 Å². The van der Waals surface area contributed by atoms with Gasteiger partial charge in [-0.2, -0.15) is 5.10 Å². The monoisotopic (exact) mass is 222 g/mol. The van der Waals surface area contributed by atoms with Crippen molar-refractivity contribution in [3.8, 4) is 0 Å². The second-order valence-electron chi connectivity index (χ2n) is 4.46. The van der Waals surface area contributed by atoms with E-state index in [0.29, 0.717) is 18.3 Å². The van der Waals surface area contributed by atoms with Crippen molar-refractivity contribution in [3.05, 3.63) is 11.8 Å². The van der Waals surface area contributed by atoms with Crippen molar-refractivity contribution in [2.24, 2.45) is 17.6 Å². The van der Waals surface area contributed by atoms with Crippen LogP contribution in [-0.4, -0.2) is 22.6 Å². The van der Waals surface area contributed by atoms with E-state index in [1.807, 2.05) is 13.0 Å². The van der Waals surface area contributed by atoms with Crippen LogP contribution in [0.15, 0.2) is 6.07 Å². The van der Waals surface area contributed by atoms with Gasteiger partial charge in [-0.05, 0) is 32.2 Å². The van der Waals surface area contributed by atoms with Crippen LogP contribution in [-0.2, 0) is 4.79 Å². The second-order valence-corrected chi connectivity index (χ2v) is 4.46. The summed E-state index contributed by atoms with van der Waals surface area (Å²) < 4.78 is 0. The van der Waals surface area contributed by atoms with Crippen LogP contribution in [0.25, 0.3) is 0 Å². The zero-order chi connectivity index (χ0) is 11.5. The molecule has 16 heavy (non-hydrogen) atoms. The molecule has 5 nitrogen and oxygen atoms in total. The van der Waals surface area contributed by atoms with Crippen molar-refractivity contribution in [2.45, 2.75) is 26.2 Å². The predicted octanol–water partition coefficient (Wildman–Crippen LogP) is 1.03. The van der Waals surface area contributed by atoms with Gasteiger partial charge in [-0.25, -0.2) is 0 Å². The molecule has 0 spiro atoms. The zero-order valence-electron chi connectivity index (χ0n) is 9.49. The molecule has 2 rings (SSSR count). The Morgan fingerprint density at radius 1 is 1.69 bits per heavy atom. The maximum absolute atomic E-state index is 12.0. The zero-order valence-corrected chi connectivity index (χ0v) is 9.49. The highest BCUT2D eigenvalue weighted by molar-refractivity contribution is 5.92. The van der Waals surface area contributed by atoms with E-state index in [-0.39, 0.29) is 11.8 Å². The molecule has 1 aromatic rings. The third-order valence-corrected chi connectivity index (χ3v) is 3.26. The minimum absolute atomic E-state index is 0.0550. The summed E-state index contributed by atoms with van der Waals surface area (Å²) >= 11 is 0. The Balaban J connectivity index is 1.97. The van der Waals surface area contributed by atoms with E-state index in [0.717, 1.165) is 25.0 Å². The Morgan fingerprint density at radius 3 is 3.12 bits per heavy atom. The minimum Gasteiger partial charge on any atom is -0.330 e. The van der Waals surface area contributed by atoms with Gasteiger partial charge in [-0.1, -0.05) is 6.42 Å². The minimum atomic E-state index is 0.0550. The van der Waals surface area contributed by atoms with Gasteiger partial charge in [0.25, 0.3) is 0 Å². The summed E-state index contributed by atoms with van der Waals surface area (Å²) in [5, 5.41) is 9.62. The first-order valence-corrected chi connectivity index (χ1v) is 5.73. The molecule has 0 saturated heterocycles. The molecule has 2 atom stereocenters. The van der Waals surface area contributed by atoms with Gasteiger partial charge in [-0.15, -0.1) is 0 Å². The van der Waals surface area contributed by atoms with Gasteiger partial charge in [0.1, 0.15) is 0 Å². The number of H-pyrrole nitrogens is 1. The van der Waals surface area contributed by atoms with Gasteiger partial charge in [0, 0.05) is 17.7 Å². The van der Waals surface area contributed by atoms with Gasteiger partial charge in [0.2, 0.25) is 5.91 Å². The lowest BCUT2D eigenvalue weighted by Crippen LogP contribution is -2.29. The van der Waals surface area contributed by atoms with E-state index in [9.17, 15) is 4.79 Å². The molecule has 2 unspecified atom stereocenters. The molecule has 88 valence electrons. The van der Waals surface area contributed by atoms with E-state index in [1.54, 1.807) is 0 Å². The van der Waals surface area contributed by atoms with Gasteiger partial charge in [-0.3, -0.25) is 9.89 Å². The number of nitrogens with one attached hydrogen (secondary N) is 2. The average Bonchev–Trinajstić information content (AvgIpc) is 2.86. The number of carbonyl (C=O) groups excluding carboxylic acids is 1. The quantitative estimate of drug-likeness (QED) is 0.714. The van der Waals surface area contributed by atoms with Crippen LogP contribution < -0.4 is 11.1 Å². The van der Waals surface area contributed by atoms with Crippen molar-refractivity contribution in [1.82, 2.24) is 10.2 Å². The maximum atomic E-state index is 12.0. The summed E-state index contributed by atoms with van der Waals surface area (Å²) in [6, 6.07) is 1.82. The number of aromatic amines is 1. The third kappa shape index (κ3) is 2.24. The normalized spacial score (nSPS) is 24.6. The Hall–Kier alpha value is -1.36. The lowest BCUT2D eigenvalue weighted by Gasteiger charge is -2.16. The van der Waals surface area contributed by atoms with E-state index in [4.69, 9.17) is 5.73 Å². The summed E-state index contributed by atoms with van der Waals surface area (Å²) in [4.78, 5) is 12.0. The molecule has 0 radical (unpaired) electrons. The Labute approximate surface area is 94.8 Å². The van der Waals surface area contributed by atoms with Crippen molar-refractivity contribution < 1.29 is 4.79 Å². The molecule has 0 aromatic carbocycles. The molecule has 4 N–H and O–H groups in total. The maximum Gasteiger partial charge on any atom is 0.229 e. The van der Waals surface area contributed by atoms with Gasteiger partial charge < -0.3 is 11.1 Å². The van der Waals surface area contributed by atoms with Gasteiger partial charge in [0.05, 0.1) is 0 Å². The van der Waals surface area contributed by atoms with Crippen molar-refractivity contribution >= 4 is 11.7 Å². The molecule has 0 bridgehead atoms.